The second-order valence-corrected chi connectivity index (χ2v) is 6.76. The molecule has 4 rings (SSSR count). The number of hydrogen-bond acceptors (Lipinski definition) is 7. The Kier molecular flexibility index (Phi) is 4.74. The average Bonchev–Trinajstić information content (AvgIpc) is 3.35. The SMILES string of the molecule is CC(c1nnn(-c2cccc(Cl)c2)n1)N(C)c1nnc(-c2ccncc2)n1C. The second-order valence-electron chi connectivity index (χ2n) is 6.32. The lowest BCUT2D eigenvalue weighted by Gasteiger charge is -2.22. The van der Waals surface area contributed by atoms with E-state index < -0.39 is 0 Å². The Morgan fingerprint density at radius 3 is 2.61 bits per heavy atom. The first-order chi connectivity index (χ1) is 13.5. The van der Waals surface area contributed by atoms with E-state index in [0.717, 1.165) is 17.1 Å². The molecule has 3 aromatic heterocycles. The van der Waals surface area contributed by atoms with Crippen molar-refractivity contribution in [2.75, 3.05) is 11.9 Å². The number of pyridine rings is 1. The van der Waals surface area contributed by atoms with Crippen molar-refractivity contribution in [3.05, 3.63) is 59.6 Å². The Labute approximate surface area is 166 Å². The molecular weight excluding hydrogens is 378 g/mol. The van der Waals surface area contributed by atoms with Gasteiger partial charge in [-0.3, -0.25) is 9.55 Å². The van der Waals surface area contributed by atoms with E-state index in [0.29, 0.717) is 16.8 Å². The molecule has 142 valence electrons. The topological polar surface area (TPSA) is 90.4 Å². The van der Waals surface area contributed by atoms with Gasteiger partial charge in [0.2, 0.25) is 5.95 Å². The zero-order valence-electron chi connectivity index (χ0n) is 15.6. The zero-order valence-corrected chi connectivity index (χ0v) is 16.4. The van der Waals surface area contributed by atoms with Gasteiger partial charge in [-0.05, 0) is 42.5 Å². The fourth-order valence-corrected chi connectivity index (χ4v) is 3.01. The number of hydrogen-bond donors (Lipinski definition) is 0. The van der Waals surface area contributed by atoms with Gasteiger partial charge in [-0.15, -0.1) is 25.2 Å². The molecule has 0 aliphatic rings. The smallest absolute Gasteiger partial charge is 0.227 e. The van der Waals surface area contributed by atoms with E-state index in [1.54, 1.807) is 24.5 Å². The lowest BCUT2D eigenvalue weighted by molar-refractivity contribution is 0.649. The van der Waals surface area contributed by atoms with Gasteiger partial charge in [-0.2, -0.15) is 0 Å². The quantitative estimate of drug-likeness (QED) is 0.513. The summed E-state index contributed by atoms with van der Waals surface area (Å²) in [5.41, 5.74) is 1.70. The number of aromatic nitrogens is 8. The van der Waals surface area contributed by atoms with Gasteiger partial charge in [0, 0.05) is 37.1 Å². The molecule has 0 fully saturated rings. The summed E-state index contributed by atoms with van der Waals surface area (Å²) in [4.78, 5) is 7.46. The van der Waals surface area contributed by atoms with Crippen molar-refractivity contribution in [2.45, 2.75) is 13.0 Å². The molecule has 0 spiro atoms. The first-order valence-electron chi connectivity index (χ1n) is 8.63. The summed E-state index contributed by atoms with van der Waals surface area (Å²) in [6.07, 6.45) is 3.46. The third-order valence-corrected chi connectivity index (χ3v) is 4.76. The van der Waals surface area contributed by atoms with Gasteiger partial charge in [0.1, 0.15) is 0 Å². The maximum Gasteiger partial charge on any atom is 0.227 e. The summed E-state index contributed by atoms with van der Waals surface area (Å²) in [5, 5.41) is 22.1. The number of tetrazole rings is 1. The summed E-state index contributed by atoms with van der Waals surface area (Å²) in [6, 6.07) is 10.9. The molecular formula is C18H18ClN9. The minimum Gasteiger partial charge on any atom is -0.334 e. The molecule has 0 bridgehead atoms. The molecule has 1 atom stereocenters. The van der Waals surface area contributed by atoms with Crippen molar-refractivity contribution in [1.82, 2.24) is 40.0 Å². The van der Waals surface area contributed by atoms with Gasteiger partial charge in [-0.25, -0.2) is 0 Å². The lowest BCUT2D eigenvalue weighted by atomic mass is 10.2. The molecule has 0 saturated heterocycles. The van der Waals surface area contributed by atoms with Crippen LogP contribution in [0.5, 0.6) is 0 Å². The van der Waals surface area contributed by atoms with Crippen LogP contribution in [0, 0.1) is 0 Å². The fraction of sp³-hybridized carbons (Fsp3) is 0.222. The highest BCUT2D eigenvalue weighted by Gasteiger charge is 2.23. The molecule has 0 N–H and O–H groups in total. The van der Waals surface area contributed by atoms with Crippen molar-refractivity contribution < 1.29 is 0 Å². The van der Waals surface area contributed by atoms with Crippen molar-refractivity contribution in [2.24, 2.45) is 7.05 Å². The third kappa shape index (κ3) is 3.31. The van der Waals surface area contributed by atoms with Crippen LogP contribution < -0.4 is 4.90 Å². The fourth-order valence-electron chi connectivity index (χ4n) is 2.83. The standard InChI is InChI=1S/C18H18ClN9/c1-12(16-21-25-28(24-16)15-6-4-5-14(19)11-15)26(2)18-23-22-17(27(18)3)13-7-9-20-10-8-13/h4-12H,1-3H3. The largest absolute Gasteiger partial charge is 0.334 e. The van der Waals surface area contributed by atoms with Crippen LogP contribution in [-0.4, -0.2) is 47.0 Å². The van der Waals surface area contributed by atoms with E-state index in [9.17, 15) is 0 Å². The van der Waals surface area contributed by atoms with Gasteiger partial charge in [0.05, 0.1) is 11.7 Å². The van der Waals surface area contributed by atoms with Crippen LogP contribution in [0.2, 0.25) is 5.02 Å². The van der Waals surface area contributed by atoms with Crippen molar-refractivity contribution in [3.63, 3.8) is 0 Å². The summed E-state index contributed by atoms with van der Waals surface area (Å²) in [6.45, 7) is 1.99. The molecule has 0 saturated carbocycles. The molecule has 1 aromatic carbocycles. The molecule has 4 aromatic rings. The van der Waals surface area contributed by atoms with E-state index in [-0.39, 0.29) is 6.04 Å². The maximum absolute atomic E-state index is 6.05. The van der Waals surface area contributed by atoms with Gasteiger partial charge in [0.15, 0.2) is 11.6 Å². The number of nitrogens with zero attached hydrogens (tertiary/aromatic N) is 9. The van der Waals surface area contributed by atoms with E-state index in [2.05, 4.69) is 30.6 Å². The molecule has 28 heavy (non-hydrogen) atoms. The molecule has 10 heteroatoms. The van der Waals surface area contributed by atoms with Crippen molar-refractivity contribution in [3.8, 4) is 17.1 Å². The van der Waals surface area contributed by atoms with E-state index in [4.69, 9.17) is 11.6 Å². The van der Waals surface area contributed by atoms with Crippen LogP contribution in [0.4, 0.5) is 5.95 Å². The van der Waals surface area contributed by atoms with Gasteiger partial charge < -0.3 is 4.90 Å². The van der Waals surface area contributed by atoms with Gasteiger partial charge in [-0.1, -0.05) is 17.7 Å². The van der Waals surface area contributed by atoms with Crippen LogP contribution in [0.3, 0.4) is 0 Å². The predicted octanol–water partition coefficient (Wildman–Crippen LogP) is 2.70. The minimum absolute atomic E-state index is 0.166. The summed E-state index contributed by atoms with van der Waals surface area (Å²) in [5.74, 6) is 2.02. The Bertz CT molecular complexity index is 1090. The van der Waals surface area contributed by atoms with Crippen LogP contribution in [0.25, 0.3) is 17.1 Å². The zero-order chi connectivity index (χ0) is 19.7. The van der Waals surface area contributed by atoms with Gasteiger partial charge in [0.25, 0.3) is 0 Å². The average molecular weight is 396 g/mol. The Balaban J connectivity index is 1.59. The molecule has 0 aliphatic carbocycles. The predicted molar refractivity (Wildman–Crippen MR) is 105 cm³/mol. The van der Waals surface area contributed by atoms with Crippen molar-refractivity contribution in [1.29, 1.82) is 0 Å². The Hall–Kier alpha value is -3.33. The number of halogens is 1. The van der Waals surface area contributed by atoms with Gasteiger partial charge >= 0.3 is 0 Å². The highest BCUT2D eigenvalue weighted by atomic mass is 35.5. The molecule has 0 amide bonds. The summed E-state index contributed by atoms with van der Waals surface area (Å²) in [7, 11) is 3.84. The maximum atomic E-state index is 6.05. The van der Waals surface area contributed by atoms with Crippen LogP contribution in [0.15, 0.2) is 48.8 Å². The normalized spacial score (nSPS) is 12.1. The lowest BCUT2D eigenvalue weighted by Crippen LogP contribution is -2.25. The summed E-state index contributed by atoms with van der Waals surface area (Å²) < 4.78 is 1.92. The number of anilines is 1. The Morgan fingerprint density at radius 2 is 1.86 bits per heavy atom. The minimum atomic E-state index is -0.166. The first-order valence-corrected chi connectivity index (χ1v) is 9.01. The highest BCUT2D eigenvalue weighted by Crippen LogP contribution is 2.25. The monoisotopic (exact) mass is 395 g/mol. The summed E-state index contributed by atoms with van der Waals surface area (Å²) >= 11 is 6.05. The molecule has 0 radical (unpaired) electrons. The van der Waals surface area contributed by atoms with E-state index >= 15 is 0 Å². The molecule has 1 unspecified atom stereocenters. The highest BCUT2D eigenvalue weighted by molar-refractivity contribution is 6.30. The van der Waals surface area contributed by atoms with Crippen LogP contribution in [-0.2, 0) is 7.05 Å². The third-order valence-electron chi connectivity index (χ3n) is 4.53. The number of rotatable bonds is 5. The molecule has 0 aliphatic heterocycles. The molecule has 9 nitrogen and oxygen atoms in total. The first kappa shape index (κ1) is 18.1. The Morgan fingerprint density at radius 1 is 1.07 bits per heavy atom. The van der Waals surface area contributed by atoms with Crippen LogP contribution >= 0.6 is 11.6 Å². The number of benzene rings is 1. The molecule has 3 heterocycles. The van der Waals surface area contributed by atoms with E-state index in [1.807, 2.05) is 54.8 Å². The van der Waals surface area contributed by atoms with E-state index in [1.165, 1.54) is 4.80 Å². The van der Waals surface area contributed by atoms with Crippen molar-refractivity contribution >= 4 is 17.5 Å². The van der Waals surface area contributed by atoms with Crippen LogP contribution in [0.1, 0.15) is 18.8 Å². The second kappa shape index (κ2) is 7.35.